The third-order valence-corrected chi connectivity index (χ3v) is 3.97. The number of aromatic nitrogens is 1. The maximum atomic E-state index is 12.8. The van der Waals surface area contributed by atoms with Crippen molar-refractivity contribution in [3.63, 3.8) is 0 Å². The van der Waals surface area contributed by atoms with Crippen molar-refractivity contribution in [1.82, 2.24) is 9.88 Å². The van der Waals surface area contributed by atoms with Crippen LogP contribution in [0.3, 0.4) is 0 Å². The van der Waals surface area contributed by atoms with Crippen molar-refractivity contribution < 1.29 is 19.1 Å². The largest absolute Gasteiger partial charge is 0.461 e. The summed E-state index contributed by atoms with van der Waals surface area (Å²) in [4.78, 5) is 41.2. The molecule has 1 aromatic rings. The molecule has 0 radical (unpaired) electrons. The average Bonchev–Trinajstić information content (AvgIpc) is 2.82. The van der Waals surface area contributed by atoms with Crippen molar-refractivity contribution in [1.29, 1.82) is 0 Å². The molecule has 1 aromatic heterocycles. The van der Waals surface area contributed by atoms with Crippen LogP contribution in [0.1, 0.15) is 66.2 Å². The van der Waals surface area contributed by atoms with Gasteiger partial charge >= 0.3 is 5.97 Å². The van der Waals surface area contributed by atoms with Gasteiger partial charge in [-0.15, -0.1) is 0 Å². The summed E-state index contributed by atoms with van der Waals surface area (Å²) in [5.41, 5.74) is 1.94. The standard InChI is InChI=1S/C17H26N2O4/c1-7-13(20)19(8-2)12(6)16(21)14-10(4)15(18-11(14)5)17(22)23-9-3/h12,18H,7-9H2,1-6H3/t12-/m1/s1. The van der Waals surface area contributed by atoms with Gasteiger partial charge < -0.3 is 14.6 Å². The van der Waals surface area contributed by atoms with E-state index in [1.807, 2.05) is 6.92 Å². The molecule has 0 aliphatic heterocycles. The molecule has 6 heteroatoms. The Kier molecular flexibility index (Phi) is 6.54. The van der Waals surface area contributed by atoms with Gasteiger partial charge in [0.1, 0.15) is 5.69 Å². The number of hydrogen-bond donors (Lipinski definition) is 1. The third-order valence-electron chi connectivity index (χ3n) is 3.97. The molecule has 0 aliphatic carbocycles. The van der Waals surface area contributed by atoms with E-state index in [0.29, 0.717) is 35.5 Å². The summed E-state index contributed by atoms with van der Waals surface area (Å²) < 4.78 is 5.00. The molecule has 0 aromatic carbocycles. The number of aromatic amines is 1. The summed E-state index contributed by atoms with van der Waals surface area (Å²) in [5.74, 6) is -0.711. The molecule has 1 heterocycles. The highest BCUT2D eigenvalue weighted by molar-refractivity contribution is 6.06. The van der Waals surface area contributed by atoms with Gasteiger partial charge in [-0.1, -0.05) is 6.92 Å². The Balaban J connectivity index is 3.18. The molecule has 0 saturated heterocycles. The smallest absolute Gasteiger partial charge is 0.355 e. The minimum atomic E-state index is -0.573. The second-order valence-corrected chi connectivity index (χ2v) is 5.42. The molecule has 0 unspecified atom stereocenters. The number of ether oxygens (including phenoxy) is 1. The predicted octanol–water partition coefficient (Wildman–Crippen LogP) is 2.64. The molecule has 1 amide bonds. The summed E-state index contributed by atoms with van der Waals surface area (Å²) in [5, 5.41) is 0. The van der Waals surface area contributed by atoms with Gasteiger partial charge in [0.25, 0.3) is 0 Å². The zero-order valence-electron chi connectivity index (χ0n) is 14.8. The highest BCUT2D eigenvalue weighted by Crippen LogP contribution is 2.22. The summed E-state index contributed by atoms with van der Waals surface area (Å²) in [6, 6.07) is -0.573. The molecule has 128 valence electrons. The number of nitrogens with one attached hydrogen (secondary N) is 1. The number of rotatable bonds is 7. The number of Topliss-reactive ketones (excluding diaryl/α,β-unsaturated/α-hetero) is 1. The lowest BCUT2D eigenvalue weighted by atomic mass is 9.99. The summed E-state index contributed by atoms with van der Waals surface area (Å²) in [7, 11) is 0. The van der Waals surface area contributed by atoms with Crippen LogP contribution in [-0.2, 0) is 9.53 Å². The second-order valence-electron chi connectivity index (χ2n) is 5.42. The Morgan fingerprint density at radius 1 is 1.17 bits per heavy atom. The number of esters is 1. The van der Waals surface area contributed by atoms with Crippen LogP contribution in [0.25, 0.3) is 0 Å². The molecule has 6 nitrogen and oxygen atoms in total. The van der Waals surface area contributed by atoms with Crippen molar-refractivity contribution in [3.05, 3.63) is 22.5 Å². The van der Waals surface area contributed by atoms with Gasteiger partial charge in [-0.05, 0) is 40.2 Å². The van der Waals surface area contributed by atoms with Gasteiger partial charge in [-0.2, -0.15) is 0 Å². The van der Waals surface area contributed by atoms with E-state index in [0.717, 1.165) is 0 Å². The van der Waals surface area contributed by atoms with Crippen LogP contribution in [0.5, 0.6) is 0 Å². The second kappa shape index (κ2) is 7.94. The monoisotopic (exact) mass is 322 g/mol. The number of nitrogens with zero attached hydrogens (tertiary/aromatic N) is 1. The first-order chi connectivity index (χ1) is 10.8. The zero-order valence-corrected chi connectivity index (χ0v) is 14.8. The highest BCUT2D eigenvalue weighted by Gasteiger charge is 2.29. The van der Waals surface area contributed by atoms with E-state index in [9.17, 15) is 14.4 Å². The topological polar surface area (TPSA) is 79.5 Å². The first-order valence-electron chi connectivity index (χ1n) is 7.99. The predicted molar refractivity (Wildman–Crippen MR) is 87.7 cm³/mol. The number of carbonyl (C=O) groups excluding carboxylic acids is 3. The van der Waals surface area contributed by atoms with Crippen LogP contribution in [0.2, 0.25) is 0 Å². The van der Waals surface area contributed by atoms with E-state index in [2.05, 4.69) is 4.98 Å². The molecule has 0 spiro atoms. The van der Waals surface area contributed by atoms with Crippen LogP contribution in [0, 0.1) is 13.8 Å². The molecule has 1 N–H and O–H groups in total. The van der Waals surface area contributed by atoms with Crippen LogP contribution >= 0.6 is 0 Å². The fraction of sp³-hybridized carbons (Fsp3) is 0.588. The molecule has 23 heavy (non-hydrogen) atoms. The van der Waals surface area contributed by atoms with Crippen molar-refractivity contribution in [2.45, 2.75) is 54.0 Å². The Morgan fingerprint density at radius 3 is 2.26 bits per heavy atom. The average molecular weight is 322 g/mol. The van der Waals surface area contributed by atoms with Crippen molar-refractivity contribution in [2.24, 2.45) is 0 Å². The van der Waals surface area contributed by atoms with Crippen molar-refractivity contribution in [3.8, 4) is 0 Å². The lowest BCUT2D eigenvalue weighted by molar-refractivity contribution is -0.131. The van der Waals surface area contributed by atoms with E-state index in [4.69, 9.17) is 4.74 Å². The lowest BCUT2D eigenvalue weighted by Gasteiger charge is -2.27. The zero-order chi connectivity index (χ0) is 17.7. The molecular formula is C17H26N2O4. The van der Waals surface area contributed by atoms with E-state index < -0.39 is 12.0 Å². The van der Waals surface area contributed by atoms with Crippen LogP contribution in [0.15, 0.2) is 0 Å². The summed E-state index contributed by atoms with van der Waals surface area (Å²) in [6.45, 7) is 11.3. The fourth-order valence-electron chi connectivity index (χ4n) is 2.75. The Hall–Kier alpha value is -2.11. The lowest BCUT2D eigenvalue weighted by Crippen LogP contribution is -2.43. The molecule has 1 atom stereocenters. The van der Waals surface area contributed by atoms with Crippen LogP contribution in [0.4, 0.5) is 0 Å². The number of hydrogen-bond acceptors (Lipinski definition) is 4. The van der Waals surface area contributed by atoms with E-state index >= 15 is 0 Å². The normalized spacial score (nSPS) is 11.9. The molecule has 0 fully saturated rings. The Bertz CT molecular complexity index is 604. The first-order valence-corrected chi connectivity index (χ1v) is 7.99. The third kappa shape index (κ3) is 3.81. The highest BCUT2D eigenvalue weighted by atomic mass is 16.5. The van der Waals surface area contributed by atoms with Crippen molar-refractivity contribution >= 4 is 17.7 Å². The van der Waals surface area contributed by atoms with Gasteiger partial charge in [0, 0.05) is 24.2 Å². The van der Waals surface area contributed by atoms with Gasteiger partial charge in [0.2, 0.25) is 5.91 Å². The number of aryl methyl sites for hydroxylation is 1. The minimum absolute atomic E-state index is 0.0650. The van der Waals surface area contributed by atoms with Crippen LogP contribution in [-0.4, -0.2) is 46.7 Å². The minimum Gasteiger partial charge on any atom is -0.461 e. The summed E-state index contributed by atoms with van der Waals surface area (Å²) in [6.07, 6.45) is 0.352. The number of ketones is 1. The molecule has 0 saturated carbocycles. The Labute approximate surface area is 137 Å². The molecule has 0 bridgehead atoms. The number of H-pyrrole nitrogens is 1. The Morgan fingerprint density at radius 2 is 1.78 bits per heavy atom. The maximum Gasteiger partial charge on any atom is 0.355 e. The number of likely N-dealkylation sites (N-methyl/N-ethyl adjacent to an activating group) is 1. The SMILES string of the molecule is CCOC(=O)c1[nH]c(C)c(C(=O)[C@@H](C)N(CC)C(=O)CC)c1C. The first kappa shape index (κ1) is 18.9. The van der Waals surface area contributed by atoms with Crippen LogP contribution < -0.4 is 0 Å². The van der Waals surface area contributed by atoms with E-state index in [-0.39, 0.29) is 18.3 Å². The molecule has 0 aliphatic rings. The maximum absolute atomic E-state index is 12.8. The molecular weight excluding hydrogens is 296 g/mol. The van der Waals surface area contributed by atoms with Gasteiger partial charge in [-0.3, -0.25) is 9.59 Å². The quantitative estimate of drug-likeness (QED) is 0.618. The summed E-state index contributed by atoms with van der Waals surface area (Å²) >= 11 is 0. The number of carbonyl (C=O) groups is 3. The van der Waals surface area contributed by atoms with E-state index in [1.165, 1.54) is 0 Å². The number of amides is 1. The van der Waals surface area contributed by atoms with Gasteiger partial charge in [0.05, 0.1) is 12.6 Å². The van der Waals surface area contributed by atoms with E-state index in [1.54, 1.807) is 39.5 Å². The molecule has 1 rings (SSSR count). The van der Waals surface area contributed by atoms with Gasteiger partial charge in [-0.25, -0.2) is 4.79 Å². The van der Waals surface area contributed by atoms with Gasteiger partial charge in [0.15, 0.2) is 5.78 Å². The van der Waals surface area contributed by atoms with Crippen molar-refractivity contribution in [2.75, 3.05) is 13.2 Å². The fourth-order valence-corrected chi connectivity index (χ4v) is 2.75.